The van der Waals surface area contributed by atoms with Gasteiger partial charge in [-0.25, -0.2) is 0 Å². The molecule has 2 amide bonds. The fourth-order valence-electron chi connectivity index (χ4n) is 1.52. The fraction of sp³-hybridized carbons (Fsp3) is 0.800. The first kappa shape index (κ1) is 12.0. The third kappa shape index (κ3) is 4.78. The van der Waals surface area contributed by atoms with Gasteiger partial charge in [-0.2, -0.15) is 0 Å². The van der Waals surface area contributed by atoms with Gasteiger partial charge in [0, 0.05) is 25.6 Å². The molecule has 0 saturated carbocycles. The standard InChI is InChI=1S/C10H19N3O2/c1-2-5-12-10(15)7-11-6-8-3-4-9(14)13-8/h8,11H,2-7H2,1H3,(H,12,15)(H,13,14). The van der Waals surface area contributed by atoms with Gasteiger partial charge in [0.15, 0.2) is 0 Å². The summed E-state index contributed by atoms with van der Waals surface area (Å²) in [6.07, 6.45) is 2.42. The quantitative estimate of drug-likeness (QED) is 0.551. The molecule has 0 aromatic rings. The van der Waals surface area contributed by atoms with Crippen LogP contribution in [0.15, 0.2) is 0 Å². The van der Waals surface area contributed by atoms with Crippen molar-refractivity contribution in [3.63, 3.8) is 0 Å². The Balaban J connectivity index is 2.01. The Morgan fingerprint density at radius 1 is 1.60 bits per heavy atom. The van der Waals surface area contributed by atoms with E-state index in [9.17, 15) is 9.59 Å². The van der Waals surface area contributed by atoms with Gasteiger partial charge in [-0.15, -0.1) is 0 Å². The maximum atomic E-state index is 11.2. The molecule has 1 unspecified atom stereocenters. The van der Waals surface area contributed by atoms with Crippen LogP contribution in [0.3, 0.4) is 0 Å². The Hall–Kier alpha value is -1.10. The second-order valence-corrected chi connectivity index (χ2v) is 3.78. The van der Waals surface area contributed by atoms with Gasteiger partial charge < -0.3 is 16.0 Å². The summed E-state index contributed by atoms with van der Waals surface area (Å²) in [7, 11) is 0. The minimum atomic E-state index is 0.0150. The van der Waals surface area contributed by atoms with Gasteiger partial charge in [-0.05, 0) is 12.8 Å². The predicted octanol–water partition coefficient (Wildman–Crippen LogP) is -0.619. The lowest BCUT2D eigenvalue weighted by Gasteiger charge is -2.10. The summed E-state index contributed by atoms with van der Waals surface area (Å²) in [6, 6.07) is 0.191. The molecular weight excluding hydrogens is 194 g/mol. The number of hydrogen-bond acceptors (Lipinski definition) is 3. The summed E-state index contributed by atoms with van der Waals surface area (Å²) in [5, 5.41) is 8.65. The average molecular weight is 213 g/mol. The van der Waals surface area contributed by atoms with Crippen LogP contribution in [-0.4, -0.2) is 37.5 Å². The van der Waals surface area contributed by atoms with Crippen LogP contribution < -0.4 is 16.0 Å². The molecule has 0 aromatic heterocycles. The number of nitrogens with one attached hydrogen (secondary N) is 3. The van der Waals surface area contributed by atoms with Gasteiger partial charge in [0.25, 0.3) is 0 Å². The van der Waals surface area contributed by atoms with Gasteiger partial charge in [0.05, 0.1) is 6.54 Å². The van der Waals surface area contributed by atoms with Crippen LogP contribution in [-0.2, 0) is 9.59 Å². The van der Waals surface area contributed by atoms with Gasteiger partial charge in [0.1, 0.15) is 0 Å². The Morgan fingerprint density at radius 2 is 2.40 bits per heavy atom. The molecule has 1 fully saturated rings. The number of rotatable bonds is 6. The number of carbonyl (C=O) groups excluding carboxylic acids is 2. The second kappa shape index (κ2) is 6.40. The van der Waals surface area contributed by atoms with Gasteiger partial charge >= 0.3 is 0 Å². The molecule has 1 rings (SSSR count). The molecule has 1 aliphatic heterocycles. The van der Waals surface area contributed by atoms with E-state index < -0.39 is 0 Å². The van der Waals surface area contributed by atoms with Crippen LogP contribution in [0.4, 0.5) is 0 Å². The van der Waals surface area contributed by atoms with Crippen LogP contribution in [0.1, 0.15) is 26.2 Å². The van der Waals surface area contributed by atoms with Crippen LogP contribution in [0.2, 0.25) is 0 Å². The average Bonchev–Trinajstić information content (AvgIpc) is 2.61. The Labute approximate surface area is 90.0 Å². The maximum absolute atomic E-state index is 11.2. The van der Waals surface area contributed by atoms with E-state index in [-0.39, 0.29) is 17.9 Å². The number of carbonyl (C=O) groups is 2. The molecule has 0 aromatic carbocycles. The van der Waals surface area contributed by atoms with Crippen molar-refractivity contribution in [1.29, 1.82) is 0 Å². The van der Waals surface area contributed by atoms with Crippen molar-refractivity contribution in [2.24, 2.45) is 0 Å². The molecule has 0 radical (unpaired) electrons. The molecule has 0 bridgehead atoms. The lowest BCUT2D eigenvalue weighted by Crippen LogP contribution is -2.40. The van der Waals surface area contributed by atoms with Crippen LogP contribution >= 0.6 is 0 Å². The Morgan fingerprint density at radius 3 is 3.00 bits per heavy atom. The molecule has 5 nitrogen and oxygen atoms in total. The lowest BCUT2D eigenvalue weighted by molar-refractivity contribution is -0.120. The van der Waals surface area contributed by atoms with Crippen molar-refractivity contribution in [3.05, 3.63) is 0 Å². The second-order valence-electron chi connectivity index (χ2n) is 3.78. The first-order valence-electron chi connectivity index (χ1n) is 5.49. The smallest absolute Gasteiger partial charge is 0.233 e. The van der Waals surface area contributed by atoms with E-state index in [1.807, 2.05) is 6.92 Å². The molecule has 15 heavy (non-hydrogen) atoms. The summed E-state index contributed by atoms with van der Waals surface area (Å²) in [4.78, 5) is 22.1. The van der Waals surface area contributed by atoms with Gasteiger partial charge in [0.2, 0.25) is 11.8 Å². The van der Waals surface area contributed by atoms with Crippen molar-refractivity contribution < 1.29 is 9.59 Å². The van der Waals surface area contributed by atoms with Crippen molar-refractivity contribution in [1.82, 2.24) is 16.0 Å². The molecular formula is C10H19N3O2. The fourth-order valence-corrected chi connectivity index (χ4v) is 1.52. The first-order valence-corrected chi connectivity index (χ1v) is 5.49. The van der Waals surface area contributed by atoms with Crippen molar-refractivity contribution in [2.45, 2.75) is 32.2 Å². The monoisotopic (exact) mass is 213 g/mol. The molecule has 86 valence electrons. The van der Waals surface area contributed by atoms with E-state index in [4.69, 9.17) is 0 Å². The normalized spacial score (nSPS) is 20.1. The van der Waals surface area contributed by atoms with Gasteiger partial charge in [-0.1, -0.05) is 6.92 Å². The summed E-state index contributed by atoms with van der Waals surface area (Å²) < 4.78 is 0. The van der Waals surface area contributed by atoms with Crippen molar-refractivity contribution in [2.75, 3.05) is 19.6 Å². The SMILES string of the molecule is CCCNC(=O)CNCC1CCC(=O)N1. The van der Waals surface area contributed by atoms with E-state index in [0.717, 1.165) is 19.4 Å². The highest BCUT2D eigenvalue weighted by atomic mass is 16.2. The highest BCUT2D eigenvalue weighted by Gasteiger charge is 2.19. The summed E-state index contributed by atoms with van der Waals surface area (Å²) in [5.74, 6) is 0.124. The number of amides is 2. The van der Waals surface area contributed by atoms with E-state index in [0.29, 0.717) is 19.5 Å². The highest BCUT2D eigenvalue weighted by molar-refractivity contribution is 5.79. The number of hydrogen-bond donors (Lipinski definition) is 3. The zero-order chi connectivity index (χ0) is 11.1. The van der Waals surface area contributed by atoms with Crippen molar-refractivity contribution in [3.8, 4) is 0 Å². The minimum Gasteiger partial charge on any atom is -0.355 e. The zero-order valence-corrected chi connectivity index (χ0v) is 9.14. The zero-order valence-electron chi connectivity index (χ0n) is 9.14. The molecule has 0 aliphatic carbocycles. The highest BCUT2D eigenvalue weighted by Crippen LogP contribution is 2.04. The minimum absolute atomic E-state index is 0.0150. The van der Waals surface area contributed by atoms with Crippen LogP contribution in [0.5, 0.6) is 0 Å². The van der Waals surface area contributed by atoms with Crippen LogP contribution in [0.25, 0.3) is 0 Å². The third-order valence-corrected chi connectivity index (χ3v) is 2.33. The molecule has 1 aliphatic rings. The first-order chi connectivity index (χ1) is 7.22. The van der Waals surface area contributed by atoms with Crippen molar-refractivity contribution >= 4 is 11.8 Å². The van der Waals surface area contributed by atoms with E-state index in [2.05, 4.69) is 16.0 Å². The van der Waals surface area contributed by atoms with E-state index in [1.165, 1.54) is 0 Å². The lowest BCUT2D eigenvalue weighted by atomic mass is 10.2. The molecule has 0 spiro atoms. The molecule has 5 heteroatoms. The molecule has 1 heterocycles. The summed E-state index contributed by atoms with van der Waals surface area (Å²) >= 11 is 0. The van der Waals surface area contributed by atoms with E-state index in [1.54, 1.807) is 0 Å². The summed E-state index contributed by atoms with van der Waals surface area (Å²) in [5.41, 5.74) is 0. The third-order valence-electron chi connectivity index (χ3n) is 2.33. The van der Waals surface area contributed by atoms with Crippen LogP contribution in [0, 0.1) is 0 Å². The Bertz CT molecular complexity index is 231. The topological polar surface area (TPSA) is 70.2 Å². The molecule has 1 saturated heterocycles. The Kier molecular flexibility index (Phi) is 5.10. The summed E-state index contributed by atoms with van der Waals surface area (Å²) in [6.45, 7) is 3.74. The van der Waals surface area contributed by atoms with E-state index >= 15 is 0 Å². The largest absolute Gasteiger partial charge is 0.355 e. The predicted molar refractivity (Wildman–Crippen MR) is 57.3 cm³/mol. The maximum Gasteiger partial charge on any atom is 0.233 e. The van der Waals surface area contributed by atoms with Gasteiger partial charge in [-0.3, -0.25) is 9.59 Å². The molecule has 1 atom stereocenters. The molecule has 3 N–H and O–H groups in total.